The average Bonchev–Trinajstić information content (AvgIpc) is 2.74. The van der Waals surface area contributed by atoms with Gasteiger partial charge in [-0.25, -0.2) is 14.3 Å². The summed E-state index contributed by atoms with van der Waals surface area (Å²) in [5.74, 6) is 0.341. The number of rotatable bonds is 3. The van der Waals surface area contributed by atoms with Gasteiger partial charge in [0.05, 0.1) is 10.9 Å². The maximum absolute atomic E-state index is 12.2. The Morgan fingerprint density at radius 3 is 2.38 bits per heavy atom. The second kappa shape index (κ2) is 7.86. The first-order valence-corrected chi connectivity index (χ1v) is 9.13. The number of fused-ring (bicyclic) bond motifs is 2. The van der Waals surface area contributed by atoms with Gasteiger partial charge in [-0.3, -0.25) is 0 Å². The Morgan fingerprint density at radius 1 is 0.828 bits per heavy atom. The highest BCUT2D eigenvalue weighted by molar-refractivity contribution is 5.80. The zero-order valence-corrected chi connectivity index (χ0v) is 16.2. The topological polar surface area (TPSA) is 47.0 Å². The van der Waals surface area contributed by atoms with Gasteiger partial charge < -0.3 is 16.8 Å². The van der Waals surface area contributed by atoms with Gasteiger partial charge in [0.25, 0.3) is 0 Å². The second-order valence-electron chi connectivity index (χ2n) is 6.77. The number of nitrogens with zero attached hydrogens (tertiary/aromatic N) is 2. The van der Waals surface area contributed by atoms with E-state index in [1.807, 2.05) is 48.5 Å². The molecule has 4 nitrogen and oxygen atoms in total. The minimum absolute atomic E-state index is 0. The van der Waals surface area contributed by atoms with E-state index in [2.05, 4.69) is 40.1 Å². The number of para-hydroxylation sites is 1. The summed E-state index contributed by atoms with van der Waals surface area (Å²) in [5.41, 5.74) is 2.23. The monoisotopic (exact) mass is 400 g/mol. The highest BCUT2D eigenvalue weighted by Gasteiger charge is 2.09. The maximum atomic E-state index is 12.2. The molecule has 5 heteroatoms. The van der Waals surface area contributed by atoms with Crippen molar-refractivity contribution in [2.45, 2.75) is 6.54 Å². The fourth-order valence-electron chi connectivity index (χ4n) is 3.38. The van der Waals surface area contributed by atoms with Gasteiger partial charge in [0.15, 0.2) is 18.9 Å². The standard InChI is InChI=1S/C24H17N2O2.ClH/c27-24-21-7-3-4-8-22(21)25-23(28-24)19-11-9-17(10-12-19)15-26-14-13-18-5-1-2-6-20(18)16-26;/h1-14,16H,15H2;1H/q+1;/p-1. The van der Waals surface area contributed by atoms with Crippen LogP contribution in [0.3, 0.4) is 0 Å². The fourth-order valence-corrected chi connectivity index (χ4v) is 3.38. The van der Waals surface area contributed by atoms with Gasteiger partial charge in [0, 0.05) is 22.6 Å². The van der Waals surface area contributed by atoms with E-state index in [1.54, 1.807) is 12.1 Å². The van der Waals surface area contributed by atoms with Crippen molar-refractivity contribution in [1.82, 2.24) is 4.98 Å². The van der Waals surface area contributed by atoms with Gasteiger partial charge in [-0.2, -0.15) is 0 Å². The van der Waals surface area contributed by atoms with E-state index in [4.69, 9.17) is 4.42 Å². The predicted molar refractivity (Wildman–Crippen MR) is 109 cm³/mol. The van der Waals surface area contributed by atoms with Crippen molar-refractivity contribution in [3.63, 3.8) is 0 Å². The molecule has 2 heterocycles. The van der Waals surface area contributed by atoms with Crippen molar-refractivity contribution in [2.75, 3.05) is 0 Å². The zero-order valence-electron chi connectivity index (χ0n) is 15.5. The summed E-state index contributed by atoms with van der Waals surface area (Å²) >= 11 is 0. The normalized spacial score (nSPS) is 10.8. The van der Waals surface area contributed by atoms with Gasteiger partial charge in [0.2, 0.25) is 5.89 Å². The van der Waals surface area contributed by atoms with Crippen molar-refractivity contribution >= 4 is 21.7 Å². The molecular weight excluding hydrogens is 384 g/mol. The summed E-state index contributed by atoms with van der Waals surface area (Å²) in [5, 5.41) is 2.94. The summed E-state index contributed by atoms with van der Waals surface area (Å²) in [4.78, 5) is 16.7. The molecule has 0 aliphatic carbocycles. The average molecular weight is 401 g/mol. The van der Waals surface area contributed by atoms with E-state index >= 15 is 0 Å². The Hall–Kier alpha value is -3.50. The lowest BCUT2D eigenvalue weighted by atomic mass is 10.1. The van der Waals surface area contributed by atoms with Gasteiger partial charge in [0.1, 0.15) is 0 Å². The van der Waals surface area contributed by atoms with Gasteiger partial charge in [-0.05, 0) is 35.7 Å². The molecule has 0 fully saturated rings. The van der Waals surface area contributed by atoms with Gasteiger partial charge >= 0.3 is 5.63 Å². The van der Waals surface area contributed by atoms with Crippen molar-refractivity contribution in [1.29, 1.82) is 0 Å². The first-order valence-electron chi connectivity index (χ1n) is 9.13. The van der Waals surface area contributed by atoms with E-state index in [1.165, 1.54) is 10.8 Å². The lowest BCUT2D eigenvalue weighted by Crippen LogP contribution is -3.00. The lowest BCUT2D eigenvalue weighted by molar-refractivity contribution is -0.687. The van der Waals surface area contributed by atoms with Crippen LogP contribution in [0, 0.1) is 0 Å². The minimum atomic E-state index is -0.364. The van der Waals surface area contributed by atoms with E-state index in [0.717, 1.165) is 17.7 Å². The van der Waals surface area contributed by atoms with Crippen molar-refractivity contribution < 1.29 is 21.4 Å². The highest BCUT2D eigenvalue weighted by Crippen LogP contribution is 2.19. The van der Waals surface area contributed by atoms with Crippen LogP contribution >= 0.6 is 0 Å². The quantitative estimate of drug-likeness (QED) is 0.429. The first-order chi connectivity index (χ1) is 13.8. The second-order valence-corrected chi connectivity index (χ2v) is 6.77. The number of hydrogen-bond acceptors (Lipinski definition) is 3. The zero-order chi connectivity index (χ0) is 18.9. The van der Waals surface area contributed by atoms with Gasteiger partial charge in [-0.15, -0.1) is 0 Å². The van der Waals surface area contributed by atoms with Crippen molar-refractivity contribution in [3.05, 3.63) is 107 Å². The highest BCUT2D eigenvalue weighted by atomic mass is 35.5. The molecule has 0 aliphatic rings. The fraction of sp³-hybridized carbons (Fsp3) is 0.0417. The molecule has 0 N–H and O–H groups in total. The summed E-state index contributed by atoms with van der Waals surface area (Å²) in [6.07, 6.45) is 4.23. The van der Waals surface area contributed by atoms with Crippen LogP contribution in [0.25, 0.3) is 33.1 Å². The maximum Gasteiger partial charge on any atom is 0.347 e. The lowest BCUT2D eigenvalue weighted by Gasteiger charge is -2.03. The third kappa shape index (κ3) is 3.75. The number of pyridine rings is 1. The van der Waals surface area contributed by atoms with Crippen LogP contribution in [0.5, 0.6) is 0 Å². The van der Waals surface area contributed by atoms with Crippen molar-refractivity contribution in [3.8, 4) is 11.5 Å². The molecule has 0 aliphatic heterocycles. The smallest absolute Gasteiger partial charge is 0.347 e. The molecule has 0 saturated carbocycles. The minimum Gasteiger partial charge on any atom is -1.00 e. The molecule has 0 bridgehead atoms. The molecule has 0 spiro atoms. The number of hydrogen-bond donors (Lipinski definition) is 0. The third-order valence-electron chi connectivity index (χ3n) is 4.85. The summed E-state index contributed by atoms with van der Waals surface area (Å²) in [7, 11) is 0. The molecule has 5 aromatic rings. The summed E-state index contributed by atoms with van der Waals surface area (Å²) in [6, 6.07) is 25.6. The summed E-state index contributed by atoms with van der Waals surface area (Å²) < 4.78 is 7.57. The van der Waals surface area contributed by atoms with Crippen LogP contribution < -0.4 is 22.6 Å². The molecule has 0 radical (unpaired) electrons. The number of aromatic nitrogens is 2. The summed E-state index contributed by atoms with van der Waals surface area (Å²) in [6.45, 7) is 0.764. The number of halogens is 1. The Morgan fingerprint density at radius 2 is 1.55 bits per heavy atom. The molecule has 0 unspecified atom stereocenters. The van der Waals surface area contributed by atoms with Crippen LogP contribution in [0.15, 0.2) is 100 Å². The van der Waals surface area contributed by atoms with E-state index < -0.39 is 0 Å². The van der Waals surface area contributed by atoms with Crippen LogP contribution in [0.4, 0.5) is 0 Å². The van der Waals surface area contributed by atoms with Crippen LogP contribution in [0.1, 0.15) is 5.56 Å². The predicted octanol–water partition coefficient (Wildman–Crippen LogP) is 1.35. The SMILES string of the molecule is O=c1oc(-c2ccc(C[n+]3ccc4ccccc4c3)cc2)nc2ccccc12.[Cl-]. The van der Waals surface area contributed by atoms with Crippen molar-refractivity contribution in [2.24, 2.45) is 0 Å². The molecule has 29 heavy (non-hydrogen) atoms. The number of benzene rings is 3. The van der Waals surface area contributed by atoms with E-state index in [-0.39, 0.29) is 18.0 Å². The first kappa shape index (κ1) is 18.8. The molecule has 2 aromatic heterocycles. The van der Waals surface area contributed by atoms with Crippen LogP contribution in [-0.2, 0) is 6.54 Å². The molecule has 0 atom stereocenters. The molecule has 142 valence electrons. The Balaban J connectivity index is 0.00000205. The largest absolute Gasteiger partial charge is 1.00 e. The van der Waals surface area contributed by atoms with E-state index in [9.17, 15) is 4.79 Å². The van der Waals surface area contributed by atoms with Gasteiger partial charge in [-0.1, -0.05) is 42.5 Å². The van der Waals surface area contributed by atoms with Crippen LogP contribution in [-0.4, -0.2) is 4.98 Å². The molecule has 3 aromatic carbocycles. The van der Waals surface area contributed by atoms with E-state index in [0.29, 0.717) is 16.8 Å². The third-order valence-corrected chi connectivity index (χ3v) is 4.85. The Labute approximate surface area is 173 Å². The molecule has 0 amide bonds. The molecule has 5 rings (SSSR count). The molecule has 0 saturated heterocycles. The Bertz CT molecular complexity index is 1360. The van der Waals surface area contributed by atoms with Crippen LogP contribution in [0.2, 0.25) is 0 Å². The Kier molecular flexibility index (Phi) is 5.10. The molecular formula is C24H17ClN2O2.